The molecule has 0 aliphatic carbocycles. The largest absolute Gasteiger partial charge is 1.00 e. The summed E-state index contributed by atoms with van der Waals surface area (Å²) in [6.07, 6.45) is 0.799. The van der Waals surface area contributed by atoms with Gasteiger partial charge in [0.05, 0.1) is 0 Å². The van der Waals surface area contributed by atoms with Gasteiger partial charge in [-0.05, 0) is 0 Å². The van der Waals surface area contributed by atoms with Gasteiger partial charge in [0, 0.05) is 75.5 Å². The van der Waals surface area contributed by atoms with Gasteiger partial charge >= 0.3 is 14.4 Å². The van der Waals surface area contributed by atoms with Crippen LogP contribution in [0.25, 0.3) is 0 Å². The van der Waals surface area contributed by atoms with Crippen LogP contribution in [-0.2, 0) is 0 Å². The molecule has 0 saturated carbocycles. The maximum atomic E-state index is 11.8. The SMILES string of the molecule is F[B]B1CB(F)C1.[Ar].[Ar].[F-]. The van der Waals surface area contributed by atoms with Crippen LogP contribution in [0.5, 0.6) is 0 Å². The van der Waals surface area contributed by atoms with E-state index in [9.17, 15) is 8.63 Å². The van der Waals surface area contributed by atoms with E-state index < -0.39 is 6.99 Å². The first kappa shape index (κ1) is 18.3. The number of hydrogen-bond acceptors (Lipinski definition) is 0. The van der Waals surface area contributed by atoms with Crippen molar-refractivity contribution in [3.05, 3.63) is 0 Å². The van der Waals surface area contributed by atoms with Gasteiger partial charge in [-0.25, -0.2) is 0 Å². The van der Waals surface area contributed by atoms with Crippen molar-refractivity contribution in [2.45, 2.75) is 12.4 Å². The second-order valence-corrected chi connectivity index (χ2v) is 1.95. The van der Waals surface area contributed by atoms with Gasteiger partial charge in [0.2, 0.25) is 0 Å². The van der Waals surface area contributed by atoms with Gasteiger partial charge in [0.25, 0.3) is 0 Å². The topological polar surface area (TPSA) is 0 Å². The molecular formula is C2H4Ar2B3F3-. The van der Waals surface area contributed by atoms with E-state index in [4.69, 9.17) is 0 Å². The van der Waals surface area contributed by atoms with Crippen molar-refractivity contribution in [1.82, 2.24) is 0 Å². The van der Waals surface area contributed by atoms with Crippen molar-refractivity contribution >= 4 is 21.0 Å². The summed E-state index contributed by atoms with van der Waals surface area (Å²) in [5, 5.41) is 0. The summed E-state index contributed by atoms with van der Waals surface area (Å²) in [4.78, 5) is 0. The van der Waals surface area contributed by atoms with Crippen molar-refractivity contribution in [2.75, 3.05) is 0 Å². The van der Waals surface area contributed by atoms with Gasteiger partial charge < -0.3 is 13.3 Å². The van der Waals surface area contributed by atoms with Crippen molar-refractivity contribution in [1.29, 1.82) is 0 Å². The molecule has 0 bridgehead atoms. The van der Waals surface area contributed by atoms with E-state index in [0.717, 1.165) is 0 Å². The minimum Gasteiger partial charge on any atom is -1.00 e. The minimum atomic E-state index is -0.725. The Hall–Kier alpha value is 2.50. The molecule has 0 aromatic heterocycles. The second kappa shape index (κ2) is 9.59. The van der Waals surface area contributed by atoms with Crippen LogP contribution in [0.2, 0.25) is 12.4 Å². The predicted molar refractivity (Wildman–Crippen MR) is 29.1 cm³/mol. The molecule has 0 aromatic carbocycles. The molecule has 1 fully saturated rings. The zero-order chi connectivity index (χ0) is 5.28. The van der Waals surface area contributed by atoms with Crippen LogP contribution < -0.4 is 4.70 Å². The molecule has 0 nitrogen and oxygen atoms in total. The van der Waals surface area contributed by atoms with E-state index in [-0.39, 0.29) is 86.8 Å². The van der Waals surface area contributed by atoms with Crippen molar-refractivity contribution in [3.8, 4) is 0 Å². The molecule has 0 spiro atoms. The number of rotatable bonds is 1. The molecule has 0 N–H and O–H groups in total. The first-order chi connectivity index (χ1) is 3.33. The zero-order valence-corrected chi connectivity index (χ0v) is 6.40. The molecule has 1 radical (unpaired) electrons. The third-order valence-corrected chi connectivity index (χ3v) is 1.30. The first-order valence-electron chi connectivity index (χ1n) is 2.40. The molecule has 59 valence electrons. The molecule has 0 unspecified atom stereocenters. The molecule has 0 atom stereocenters. The first-order valence-corrected chi connectivity index (χ1v) is 2.40. The Kier molecular flexibility index (Phi) is 17.6. The fraction of sp³-hybridized carbons (Fsp3) is 1.00. The van der Waals surface area contributed by atoms with Gasteiger partial charge in [0.15, 0.2) is 0 Å². The van der Waals surface area contributed by atoms with Crippen LogP contribution in [0, 0.1) is 75.5 Å². The quantitative estimate of drug-likeness (QED) is 0.412. The molecule has 10 heavy (non-hydrogen) atoms. The van der Waals surface area contributed by atoms with Crippen LogP contribution in [0.1, 0.15) is 0 Å². The van der Waals surface area contributed by atoms with Crippen molar-refractivity contribution in [3.63, 3.8) is 0 Å². The Labute approximate surface area is 120 Å². The third kappa shape index (κ3) is 6.07. The van der Waals surface area contributed by atoms with Crippen LogP contribution in [-0.4, -0.2) is 21.0 Å². The monoisotopic (exact) mass is 198 g/mol. The second-order valence-electron chi connectivity index (χ2n) is 1.95. The number of halogens is 3. The summed E-state index contributed by atoms with van der Waals surface area (Å²) in [6, 6.07) is 0. The Morgan fingerprint density at radius 2 is 1.60 bits per heavy atom. The van der Waals surface area contributed by atoms with Crippen LogP contribution in [0.4, 0.5) is 8.63 Å². The molecule has 1 saturated heterocycles. The maximum Gasteiger partial charge on any atom is 0.333 e. The Morgan fingerprint density at radius 3 is 1.70 bits per heavy atom. The predicted octanol–water partition coefficient (Wildman–Crippen LogP) is -2.38. The molecule has 1 heterocycles. The summed E-state index contributed by atoms with van der Waals surface area (Å²) < 4.78 is 23.1. The fourth-order valence-electron chi connectivity index (χ4n) is 0.691. The van der Waals surface area contributed by atoms with E-state index >= 15 is 0 Å². The van der Waals surface area contributed by atoms with Crippen molar-refractivity contribution in [2.24, 2.45) is 0 Å². The van der Waals surface area contributed by atoms with Gasteiger partial charge in [0.1, 0.15) is 6.60 Å². The van der Waals surface area contributed by atoms with Crippen LogP contribution in [0.15, 0.2) is 0 Å². The van der Waals surface area contributed by atoms with Gasteiger partial charge in [-0.3, -0.25) is 0 Å². The summed E-state index contributed by atoms with van der Waals surface area (Å²) in [7, 11) is 0.579. The average molecular weight is 197 g/mol. The fourth-order valence-corrected chi connectivity index (χ4v) is 0.691. The van der Waals surface area contributed by atoms with E-state index in [2.05, 4.69) is 0 Å². The third-order valence-electron chi connectivity index (χ3n) is 1.30. The average Bonchev–Trinajstić information content (AvgIpc) is 1.58. The maximum absolute atomic E-state index is 11.8. The Bertz CT molecular complexity index is 70.8. The van der Waals surface area contributed by atoms with Crippen molar-refractivity contribution < 1.29 is 88.8 Å². The molecule has 1 rings (SSSR count). The Balaban J connectivity index is -0.000000163. The molecular weight excluding hydrogens is 193 g/mol. The summed E-state index contributed by atoms with van der Waals surface area (Å²) >= 11 is 0. The summed E-state index contributed by atoms with van der Waals surface area (Å²) in [6.45, 7) is -0.799. The molecule has 1 aliphatic rings. The van der Waals surface area contributed by atoms with Gasteiger partial charge in [-0.1, -0.05) is 12.4 Å². The smallest absolute Gasteiger partial charge is 0.333 e. The standard InChI is InChI=1S/C2H4B3F2.2Ar.FH/c6-3-4-1-5(7)2-4;;;/h1-2H2;;;1H/p-1. The molecule has 0 aromatic rings. The minimum absolute atomic E-state index is 0. The number of hydrogen-bond donors (Lipinski definition) is 0. The normalized spacial score (nSPS) is 13.4. The van der Waals surface area contributed by atoms with Crippen LogP contribution in [0.3, 0.4) is 0 Å². The molecule has 8 heteroatoms. The van der Waals surface area contributed by atoms with E-state index in [1.807, 2.05) is 0 Å². The van der Waals surface area contributed by atoms with E-state index in [0.29, 0.717) is 19.9 Å². The van der Waals surface area contributed by atoms with Crippen LogP contribution >= 0.6 is 0 Å². The zero-order valence-electron chi connectivity index (χ0n) is 4.99. The Morgan fingerprint density at radius 1 is 1.20 bits per heavy atom. The van der Waals surface area contributed by atoms with E-state index in [1.54, 1.807) is 0 Å². The molecule has 1 aliphatic heterocycles. The summed E-state index contributed by atoms with van der Waals surface area (Å²) in [5.41, 5.74) is 0. The van der Waals surface area contributed by atoms with Gasteiger partial charge in [-0.2, -0.15) is 0 Å². The van der Waals surface area contributed by atoms with Gasteiger partial charge in [-0.15, -0.1) is 0 Å². The summed E-state index contributed by atoms with van der Waals surface area (Å²) in [5.74, 6) is 0. The van der Waals surface area contributed by atoms with E-state index in [1.165, 1.54) is 0 Å². The molecule has 0 amide bonds.